The molecular formula is C48H80NO8P. The quantitative estimate of drug-likeness (QED) is 0.0241. The molecule has 10 heteroatoms. The Bertz CT molecular complexity index is 1270. The molecule has 0 bridgehead atoms. The number of carbonyl (C=O) groups excluding carboxylic acids is 2. The molecule has 0 aromatic carbocycles. The Labute approximate surface area is 353 Å². The smallest absolute Gasteiger partial charge is 0.463 e. The van der Waals surface area contributed by atoms with Crippen molar-refractivity contribution in [1.29, 1.82) is 0 Å². The van der Waals surface area contributed by atoms with Crippen molar-refractivity contribution >= 4 is 19.7 Å². The molecule has 0 spiro atoms. The first-order valence-electron chi connectivity index (χ1n) is 22.2. The monoisotopic (exact) mass is 830 g/mol. The van der Waals surface area contributed by atoms with Gasteiger partial charge in [-0.3, -0.25) is 18.6 Å². The van der Waals surface area contributed by atoms with E-state index in [4.69, 9.17) is 13.8 Å². The molecular weight excluding hydrogens is 750 g/mol. The van der Waals surface area contributed by atoms with Crippen LogP contribution in [0.15, 0.2) is 97.2 Å². The number of carbonyl (C=O) groups is 2. The van der Waals surface area contributed by atoms with E-state index in [-0.39, 0.29) is 32.1 Å². The van der Waals surface area contributed by atoms with Gasteiger partial charge in [-0.05, 0) is 96.3 Å². The maximum absolute atomic E-state index is 12.1. The van der Waals surface area contributed by atoms with Gasteiger partial charge in [-0.15, -0.1) is 0 Å². The lowest BCUT2D eigenvalue weighted by Gasteiger charge is -2.15. The van der Waals surface area contributed by atoms with E-state index in [2.05, 4.69) is 116 Å². The van der Waals surface area contributed by atoms with Gasteiger partial charge in [0.1, 0.15) is 12.7 Å². The van der Waals surface area contributed by atoms with E-state index in [1.165, 1.54) is 32.1 Å². The van der Waals surface area contributed by atoms with Crippen molar-refractivity contribution in [3.8, 4) is 0 Å². The molecule has 0 aromatic rings. The molecule has 3 N–H and O–H groups in total. The van der Waals surface area contributed by atoms with Crippen molar-refractivity contribution in [1.82, 2.24) is 5.32 Å². The fourth-order valence-electron chi connectivity index (χ4n) is 5.41. The van der Waals surface area contributed by atoms with Crippen LogP contribution in [-0.4, -0.2) is 54.3 Å². The Hall–Kier alpha value is -3.07. The summed E-state index contributed by atoms with van der Waals surface area (Å²) < 4.78 is 26.9. The minimum atomic E-state index is -4.44. The third kappa shape index (κ3) is 44.0. The van der Waals surface area contributed by atoms with E-state index in [0.29, 0.717) is 12.8 Å². The largest absolute Gasteiger partial charge is 0.472 e. The summed E-state index contributed by atoms with van der Waals surface area (Å²) >= 11 is 0. The van der Waals surface area contributed by atoms with E-state index in [1.54, 1.807) is 0 Å². The van der Waals surface area contributed by atoms with Crippen LogP contribution in [-0.2, 0) is 27.9 Å². The minimum Gasteiger partial charge on any atom is -0.463 e. The maximum Gasteiger partial charge on any atom is 0.472 e. The van der Waals surface area contributed by atoms with E-state index >= 15 is 0 Å². The number of phosphoric acid groups is 1. The molecule has 58 heavy (non-hydrogen) atoms. The molecule has 9 nitrogen and oxygen atoms in total. The number of allylic oxidation sites excluding steroid dienone is 16. The van der Waals surface area contributed by atoms with Crippen molar-refractivity contribution in [3.05, 3.63) is 97.2 Å². The lowest BCUT2D eigenvalue weighted by Crippen LogP contribution is -2.27. The summed E-state index contributed by atoms with van der Waals surface area (Å²) in [5, 5.41) is 12.7. The number of rotatable bonds is 40. The number of hydrogen-bond donors (Lipinski definition) is 3. The zero-order valence-electron chi connectivity index (χ0n) is 36.2. The molecule has 1 amide bonds. The van der Waals surface area contributed by atoms with Crippen molar-refractivity contribution < 1.29 is 37.9 Å². The second-order valence-electron chi connectivity index (χ2n) is 14.3. The first-order chi connectivity index (χ1) is 28.3. The molecule has 0 heterocycles. The van der Waals surface area contributed by atoms with Gasteiger partial charge in [0.05, 0.1) is 13.2 Å². The van der Waals surface area contributed by atoms with E-state index in [1.807, 2.05) is 0 Å². The Kier molecular flexibility index (Phi) is 41.2. The fraction of sp³-hybridized carbons (Fsp3) is 0.625. The third-order valence-electron chi connectivity index (χ3n) is 8.75. The van der Waals surface area contributed by atoms with Crippen LogP contribution in [0, 0.1) is 0 Å². The number of aliphatic hydroxyl groups excluding tert-OH is 1. The molecule has 2 unspecified atom stereocenters. The Balaban J connectivity index is 3.72. The summed E-state index contributed by atoms with van der Waals surface area (Å²) in [5.74, 6) is -0.583. The number of amides is 1. The number of aliphatic hydroxyl groups is 1. The second kappa shape index (κ2) is 43.5. The molecule has 2 atom stereocenters. The predicted molar refractivity (Wildman–Crippen MR) is 242 cm³/mol. The van der Waals surface area contributed by atoms with Gasteiger partial charge < -0.3 is 20.1 Å². The highest BCUT2D eigenvalue weighted by atomic mass is 31.2. The first kappa shape index (κ1) is 54.9. The van der Waals surface area contributed by atoms with Crippen LogP contribution in [0.2, 0.25) is 0 Å². The number of phosphoric ester groups is 1. The highest BCUT2D eigenvalue weighted by molar-refractivity contribution is 7.47. The Morgan fingerprint density at radius 1 is 0.552 bits per heavy atom. The number of esters is 1. The van der Waals surface area contributed by atoms with Crippen molar-refractivity contribution in [3.63, 3.8) is 0 Å². The fourth-order valence-corrected chi connectivity index (χ4v) is 6.17. The minimum absolute atomic E-state index is 0.0499. The number of hydrogen-bond acceptors (Lipinski definition) is 7. The van der Waals surface area contributed by atoms with Gasteiger partial charge in [-0.1, -0.05) is 150 Å². The summed E-state index contributed by atoms with van der Waals surface area (Å²) in [5.41, 5.74) is 0. The van der Waals surface area contributed by atoms with Gasteiger partial charge >= 0.3 is 13.8 Å². The lowest BCUT2D eigenvalue weighted by molar-refractivity contribution is -0.147. The molecule has 0 fully saturated rings. The van der Waals surface area contributed by atoms with Gasteiger partial charge in [-0.2, -0.15) is 0 Å². The van der Waals surface area contributed by atoms with Gasteiger partial charge in [0.2, 0.25) is 5.91 Å². The number of unbranched alkanes of at least 4 members (excludes halogenated alkanes) is 11. The second-order valence-corrected chi connectivity index (χ2v) is 15.7. The lowest BCUT2D eigenvalue weighted by atomic mass is 10.1. The Morgan fingerprint density at radius 2 is 0.983 bits per heavy atom. The maximum atomic E-state index is 12.1. The normalized spacial score (nSPS) is 14.2. The summed E-state index contributed by atoms with van der Waals surface area (Å²) in [4.78, 5) is 33.9. The molecule has 0 aliphatic rings. The van der Waals surface area contributed by atoms with Crippen LogP contribution in [0.3, 0.4) is 0 Å². The SMILES string of the molecule is CC/C=C\C/C=C\C/C=C\C/C=C\C/C=C\C/C=C\CCCCC(=O)NCCOP(=O)(O)OCC(O)COC(=O)CCCCCCC/C=C\C/C=C\CCCCCC. The molecule has 330 valence electrons. The molecule has 0 radical (unpaired) electrons. The van der Waals surface area contributed by atoms with Crippen molar-refractivity contribution in [2.24, 2.45) is 0 Å². The average Bonchev–Trinajstić information content (AvgIpc) is 3.21. The van der Waals surface area contributed by atoms with E-state index in [9.17, 15) is 24.2 Å². The van der Waals surface area contributed by atoms with E-state index in [0.717, 1.165) is 96.3 Å². The van der Waals surface area contributed by atoms with Crippen LogP contribution in [0.25, 0.3) is 0 Å². The zero-order valence-corrected chi connectivity index (χ0v) is 37.1. The molecule has 0 saturated carbocycles. The first-order valence-corrected chi connectivity index (χ1v) is 23.7. The molecule has 0 aliphatic heterocycles. The summed E-state index contributed by atoms with van der Waals surface area (Å²) in [6.07, 6.45) is 56.2. The van der Waals surface area contributed by atoms with Gasteiger partial charge in [-0.25, -0.2) is 4.57 Å². The highest BCUT2D eigenvalue weighted by Crippen LogP contribution is 2.42. The van der Waals surface area contributed by atoms with Crippen LogP contribution in [0.4, 0.5) is 0 Å². The molecule has 0 aliphatic carbocycles. The van der Waals surface area contributed by atoms with Crippen molar-refractivity contribution in [2.45, 2.75) is 168 Å². The van der Waals surface area contributed by atoms with Crippen LogP contribution in [0.1, 0.15) is 162 Å². The standard InChI is InChI=1S/C48H80NO8P/c1-3-5-7-9-11-13-15-17-19-21-22-23-24-25-26-28-30-32-34-36-38-40-47(51)49-42-43-56-58(53,54)57-45-46(50)44-55-48(52)41-39-37-35-33-31-29-27-20-18-16-14-12-10-8-6-4-2/h5,7,11,13-14,16-17,19-20,22-23,25-27,30,32,46,50H,3-4,6,8-10,12,15,18,21,24,28-29,31,33-45H2,1-2H3,(H,49,51)(H,53,54)/b7-5-,13-11-,16-14-,19-17-,23-22-,26-25-,27-20-,32-30-. The van der Waals surface area contributed by atoms with Crippen LogP contribution < -0.4 is 5.32 Å². The van der Waals surface area contributed by atoms with Crippen LogP contribution >= 0.6 is 7.82 Å². The summed E-state index contributed by atoms with van der Waals surface area (Å²) in [7, 11) is -4.44. The zero-order chi connectivity index (χ0) is 42.5. The molecule has 0 rings (SSSR count). The van der Waals surface area contributed by atoms with Gasteiger partial charge in [0, 0.05) is 19.4 Å². The third-order valence-corrected chi connectivity index (χ3v) is 9.73. The topological polar surface area (TPSA) is 131 Å². The van der Waals surface area contributed by atoms with Gasteiger partial charge in [0.15, 0.2) is 0 Å². The van der Waals surface area contributed by atoms with E-state index < -0.39 is 26.5 Å². The molecule has 0 saturated heterocycles. The number of ether oxygens (including phenoxy) is 1. The average molecular weight is 830 g/mol. The predicted octanol–water partition coefficient (Wildman–Crippen LogP) is 12.6. The van der Waals surface area contributed by atoms with Crippen LogP contribution in [0.5, 0.6) is 0 Å². The van der Waals surface area contributed by atoms with Gasteiger partial charge in [0.25, 0.3) is 0 Å². The Morgan fingerprint density at radius 3 is 1.50 bits per heavy atom. The summed E-state index contributed by atoms with van der Waals surface area (Å²) in [6, 6.07) is 0. The summed E-state index contributed by atoms with van der Waals surface area (Å²) in [6.45, 7) is 3.33. The highest BCUT2D eigenvalue weighted by Gasteiger charge is 2.23. The molecule has 0 aromatic heterocycles. The number of nitrogens with one attached hydrogen (secondary N) is 1. The van der Waals surface area contributed by atoms with Crippen molar-refractivity contribution in [2.75, 3.05) is 26.4 Å².